The molecule has 2 nitrogen and oxygen atoms in total. The molecule has 0 fully saturated rings. The summed E-state index contributed by atoms with van der Waals surface area (Å²) >= 11 is 0. The SMILES string of the molecule is CCCCC=CCCCCCCCCCCCCCc1cc(O)cc(O)c1. The largest absolute Gasteiger partial charge is 0.508 e. The van der Waals surface area contributed by atoms with Gasteiger partial charge in [-0.05, 0) is 49.8 Å². The quantitative estimate of drug-likeness (QED) is 0.214. The number of aryl methyl sites for hydroxylation is 1. The number of phenols is 2. The zero-order chi connectivity index (χ0) is 19.6. The third-order valence-electron chi connectivity index (χ3n) is 5.19. The average molecular weight is 375 g/mol. The lowest BCUT2D eigenvalue weighted by Gasteiger charge is -2.04. The van der Waals surface area contributed by atoms with E-state index < -0.39 is 0 Å². The van der Waals surface area contributed by atoms with Crippen LogP contribution in [0, 0.1) is 0 Å². The van der Waals surface area contributed by atoms with E-state index in [1.54, 1.807) is 12.1 Å². The van der Waals surface area contributed by atoms with E-state index in [0.29, 0.717) is 0 Å². The Kier molecular flexibility index (Phi) is 14.6. The van der Waals surface area contributed by atoms with Crippen molar-refractivity contribution < 1.29 is 10.2 Å². The van der Waals surface area contributed by atoms with Crippen LogP contribution in [0.1, 0.15) is 109 Å². The molecule has 1 rings (SSSR count). The molecule has 0 heterocycles. The first kappa shape index (κ1) is 23.6. The molecule has 0 atom stereocenters. The number of hydrogen-bond donors (Lipinski definition) is 2. The van der Waals surface area contributed by atoms with Crippen LogP contribution in [0.5, 0.6) is 11.5 Å². The predicted octanol–water partition coefficient (Wildman–Crippen LogP) is 8.07. The predicted molar refractivity (Wildman–Crippen MR) is 118 cm³/mol. The minimum atomic E-state index is 0.161. The smallest absolute Gasteiger partial charge is 0.119 e. The fraction of sp³-hybridized carbons (Fsp3) is 0.680. The Hall–Kier alpha value is -1.44. The molecular formula is C25H42O2. The van der Waals surface area contributed by atoms with Gasteiger partial charge in [0.25, 0.3) is 0 Å². The Morgan fingerprint density at radius 3 is 1.56 bits per heavy atom. The number of aromatic hydroxyl groups is 2. The summed E-state index contributed by atoms with van der Waals surface area (Å²) in [5, 5.41) is 18.9. The summed E-state index contributed by atoms with van der Waals surface area (Å²) in [6.07, 6.45) is 25.6. The molecule has 0 amide bonds. The van der Waals surface area contributed by atoms with Gasteiger partial charge >= 0.3 is 0 Å². The van der Waals surface area contributed by atoms with Crippen LogP contribution in [0.2, 0.25) is 0 Å². The van der Waals surface area contributed by atoms with E-state index in [-0.39, 0.29) is 11.5 Å². The fourth-order valence-electron chi connectivity index (χ4n) is 3.54. The van der Waals surface area contributed by atoms with E-state index >= 15 is 0 Å². The molecule has 1 aromatic rings. The lowest BCUT2D eigenvalue weighted by atomic mass is 10.0. The molecule has 27 heavy (non-hydrogen) atoms. The molecule has 0 saturated heterocycles. The number of hydrogen-bond acceptors (Lipinski definition) is 2. The molecule has 1 aromatic carbocycles. The van der Waals surface area contributed by atoms with Gasteiger partial charge in [0.15, 0.2) is 0 Å². The highest BCUT2D eigenvalue weighted by Gasteiger charge is 1.99. The van der Waals surface area contributed by atoms with E-state index in [0.717, 1.165) is 18.4 Å². The first-order valence-electron chi connectivity index (χ1n) is 11.4. The Bertz CT molecular complexity index is 473. The topological polar surface area (TPSA) is 40.5 Å². The van der Waals surface area contributed by atoms with Gasteiger partial charge in [0.2, 0.25) is 0 Å². The zero-order valence-corrected chi connectivity index (χ0v) is 17.6. The van der Waals surface area contributed by atoms with E-state index in [1.807, 2.05) is 0 Å². The third kappa shape index (κ3) is 14.3. The minimum Gasteiger partial charge on any atom is -0.508 e. The van der Waals surface area contributed by atoms with E-state index in [2.05, 4.69) is 19.1 Å². The maximum Gasteiger partial charge on any atom is 0.119 e. The maximum atomic E-state index is 9.47. The van der Waals surface area contributed by atoms with Crippen LogP contribution < -0.4 is 0 Å². The van der Waals surface area contributed by atoms with Gasteiger partial charge < -0.3 is 10.2 Å². The van der Waals surface area contributed by atoms with Crippen molar-refractivity contribution in [3.63, 3.8) is 0 Å². The summed E-state index contributed by atoms with van der Waals surface area (Å²) in [5.74, 6) is 0.321. The fourth-order valence-corrected chi connectivity index (χ4v) is 3.54. The number of unbranched alkanes of at least 4 members (excludes halogenated alkanes) is 13. The van der Waals surface area contributed by atoms with Crippen LogP contribution in [0.4, 0.5) is 0 Å². The van der Waals surface area contributed by atoms with Gasteiger partial charge in [-0.3, -0.25) is 0 Å². The van der Waals surface area contributed by atoms with Crippen LogP contribution >= 0.6 is 0 Å². The van der Waals surface area contributed by atoms with Crippen molar-refractivity contribution in [3.05, 3.63) is 35.9 Å². The van der Waals surface area contributed by atoms with E-state index in [9.17, 15) is 10.2 Å². The van der Waals surface area contributed by atoms with Gasteiger partial charge in [-0.15, -0.1) is 0 Å². The second-order valence-electron chi connectivity index (χ2n) is 7.90. The molecule has 0 spiro atoms. The summed E-state index contributed by atoms with van der Waals surface area (Å²) in [6.45, 7) is 2.25. The molecule has 0 unspecified atom stereocenters. The summed E-state index contributed by atoms with van der Waals surface area (Å²) in [4.78, 5) is 0. The Balaban J connectivity index is 1.81. The van der Waals surface area contributed by atoms with Crippen molar-refractivity contribution in [2.45, 2.75) is 110 Å². The van der Waals surface area contributed by atoms with Crippen LogP contribution in [0.3, 0.4) is 0 Å². The molecule has 0 aliphatic heterocycles. The molecule has 154 valence electrons. The molecule has 0 radical (unpaired) electrons. The van der Waals surface area contributed by atoms with Crippen LogP contribution in [0.25, 0.3) is 0 Å². The van der Waals surface area contributed by atoms with Gasteiger partial charge in [-0.2, -0.15) is 0 Å². The van der Waals surface area contributed by atoms with Crippen molar-refractivity contribution >= 4 is 0 Å². The molecular weight excluding hydrogens is 332 g/mol. The normalized spacial score (nSPS) is 11.4. The first-order chi connectivity index (χ1) is 13.2. The number of rotatable bonds is 17. The number of benzene rings is 1. The van der Waals surface area contributed by atoms with Crippen LogP contribution in [-0.4, -0.2) is 10.2 Å². The third-order valence-corrected chi connectivity index (χ3v) is 5.19. The second-order valence-corrected chi connectivity index (χ2v) is 7.90. The zero-order valence-electron chi connectivity index (χ0n) is 17.6. The first-order valence-corrected chi connectivity index (χ1v) is 11.4. The summed E-state index contributed by atoms with van der Waals surface area (Å²) in [5.41, 5.74) is 1.03. The van der Waals surface area contributed by atoms with Crippen molar-refractivity contribution in [3.8, 4) is 11.5 Å². The summed E-state index contributed by atoms with van der Waals surface area (Å²) in [6, 6.07) is 4.89. The second kappa shape index (κ2) is 16.7. The average Bonchev–Trinajstić information content (AvgIpc) is 2.63. The monoisotopic (exact) mass is 374 g/mol. The molecule has 0 aromatic heterocycles. The van der Waals surface area contributed by atoms with Crippen molar-refractivity contribution in [1.29, 1.82) is 0 Å². The Morgan fingerprint density at radius 1 is 0.593 bits per heavy atom. The minimum absolute atomic E-state index is 0.161. The van der Waals surface area contributed by atoms with Gasteiger partial charge in [-0.1, -0.05) is 89.7 Å². The van der Waals surface area contributed by atoms with Gasteiger partial charge in [0.05, 0.1) is 0 Å². The maximum absolute atomic E-state index is 9.47. The Labute approximate surface area is 167 Å². The molecule has 0 aliphatic carbocycles. The number of allylic oxidation sites excluding steroid dienone is 2. The van der Waals surface area contributed by atoms with Gasteiger partial charge in [0.1, 0.15) is 11.5 Å². The summed E-state index contributed by atoms with van der Waals surface area (Å²) < 4.78 is 0. The highest BCUT2D eigenvalue weighted by molar-refractivity contribution is 5.36. The molecule has 2 N–H and O–H groups in total. The molecule has 0 aliphatic rings. The van der Waals surface area contributed by atoms with Crippen molar-refractivity contribution in [2.24, 2.45) is 0 Å². The lowest BCUT2D eigenvalue weighted by molar-refractivity contribution is 0.449. The summed E-state index contributed by atoms with van der Waals surface area (Å²) in [7, 11) is 0. The Morgan fingerprint density at radius 2 is 1.04 bits per heavy atom. The van der Waals surface area contributed by atoms with E-state index in [1.165, 1.54) is 96.0 Å². The van der Waals surface area contributed by atoms with Gasteiger partial charge in [-0.25, -0.2) is 0 Å². The van der Waals surface area contributed by atoms with Crippen molar-refractivity contribution in [1.82, 2.24) is 0 Å². The van der Waals surface area contributed by atoms with Crippen LogP contribution in [0.15, 0.2) is 30.4 Å². The highest BCUT2D eigenvalue weighted by atomic mass is 16.3. The standard InChI is InChI=1S/C25H42O2/c1-2-3-4-5-6-7-8-9-10-11-12-13-14-15-16-17-18-19-23-20-24(26)22-25(27)21-23/h5-6,20-22,26-27H,2-4,7-19H2,1H3. The highest BCUT2D eigenvalue weighted by Crippen LogP contribution is 2.22. The molecule has 2 heteroatoms. The van der Waals surface area contributed by atoms with Crippen LogP contribution in [-0.2, 0) is 6.42 Å². The number of phenolic OH excluding ortho intramolecular Hbond substituents is 2. The van der Waals surface area contributed by atoms with Crippen molar-refractivity contribution in [2.75, 3.05) is 0 Å². The van der Waals surface area contributed by atoms with E-state index in [4.69, 9.17) is 0 Å². The molecule has 0 saturated carbocycles. The lowest BCUT2D eigenvalue weighted by Crippen LogP contribution is -1.87. The molecule has 0 bridgehead atoms. The van der Waals surface area contributed by atoms with Gasteiger partial charge in [0, 0.05) is 6.07 Å².